The number of nitrogens with zero attached hydrogens (tertiary/aromatic N) is 1. The molecule has 7 heteroatoms. The number of aromatic nitrogens is 1. The number of rotatable bonds is 5. The molecular weight excluding hydrogens is 306 g/mol. The highest BCUT2D eigenvalue weighted by atomic mass is 19.1. The molecule has 0 radical (unpaired) electrons. The van der Waals surface area contributed by atoms with Crippen molar-refractivity contribution in [1.82, 2.24) is 10.3 Å². The highest BCUT2D eigenvalue weighted by molar-refractivity contribution is 5.91. The van der Waals surface area contributed by atoms with Crippen LogP contribution in [0.25, 0.3) is 0 Å². The Kier molecular flexibility index (Phi) is 5.35. The minimum absolute atomic E-state index is 0.139. The van der Waals surface area contributed by atoms with E-state index in [4.69, 9.17) is 4.74 Å². The van der Waals surface area contributed by atoms with Crippen molar-refractivity contribution in [2.75, 3.05) is 6.61 Å². The summed E-state index contributed by atoms with van der Waals surface area (Å²) >= 11 is 0. The summed E-state index contributed by atoms with van der Waals surface area (Å²) in [7, 11) is 0. The Bertz CT molecular complexity index is 708. The Labute approximate surface area is 131 Å². The van der Waals surface area contributed by atoms with Crippen molar-refractivity contribution < 1.29 is 23.1 Å². The first-order valence-electron chi connectivity index (χ1n) is 6.79. The van der Waals surface area contributed by atoms with Gasteiger partial charge in [-0.1, -0.05) is 6.07 Å². The molecular formula is C16H14F2N2O3. The predicted molar refractivity (Wildman–Crippen MR) is 77.4 cm³/mol. The third-order valence-electron chi connectivity index (χ3n) is 3.06. The number of pyridine rings is 1. The highest BCUT2D eigenvalue weighted by Gasteiger charge is 2.16. The van der Waals surface area contributed by atoms with Gasteiger partial charge >= 0.3 is 5.97 Å². The summed E-state index contributed by atoms with van der Waals surface area (Å²) in [6.45, 7) is 1.03. The van der Waals surface area contributed by atoms with E-state index >= 15 is 0 Å². The van der Waals surface area contributed by atoms with E-state index in [1.165, 1.54) is 30.6 Å². The molecule has 23 heavy (non-hydrogen) atoms. The first-order chi connectivity index (χ1) is 11.0. The topological polar surface area (TPSA) is 68.3 Å². The first-order valence-corrected chi connectivity index (χ1v) is 6.79. The van der Waals surface area contributed by atoms with Gasteiger partial charge in [0.25, 0.3) is 5.91 Å². The predicted octanol–water partition coefficient (Wildman–Crippen LogP) is 2.39. The van der Waals surface area contributed by atoms with Gasteiger partial charge in [-0.3, -0.25) is 9.78 Å². The summed E-state index contributed by atoms with van der Waals surface area (Å²) < 4.78 is 31.3. The Morgan fingerprint density at radius 1 is 1.22 bits per heavy atom. The molecule has 1 amide bonds. The normalized spacial score (nSPS) is 11.6. The molecule has 0 aliphatic heterocycles. The standard InChI is InChI=1S/C16H14F2N2O3/c1-10(13-3-2-12(17)8-14(13)18)20-15(21)9-23-16(22)11-4-6-19-7-5-11/h2-8,10H,9H2,1H3,(H,20,21)/t10-/m1/s1. The molecule has 1 aromatic heterocycles. The van der Waals surface area contributed by atoms with Crippen LogP contribution in [0.4, 0.5) is 8.78 Å². The van der Waals surface area contributed by atoms with Gasteiger partial charge in [0.1, 0.15) is 11.6 Å². The lowest BCUT2D eigenvalue weighted by molar-refractivity contribution is -0.124. The molecule has 1 atom stereocenters. The van der Waals surface area contributed by atoms with Crippen LogP contribution in [0.2, 0.25) is 0 Å². The van der Waals surface area contributed by atoms with Crippen molar-refractivity contribution >= 4 is 11.9 Å². The third kappa shape index (κ3) is 4.57. The number of nitrogens with one attached hydrogen (secondary N) is 1. The maximum Gasteiger partial charge on any atom is 0.338 e. The zero-order valence-electron chi connectivity index (χ0n) is 12.3. The molecule has 120 valence electrons. The zero-order valence-corrected chi connectivity index (χ0v) is 12.3. The lowest BCUT2D eigenvalue weighted by Gasteiger charge is -2.15. The summed E-state index contributed by atoms with van der Waals surface area (Å²) in [5, 5.41) is 2.47. The number of benzene rings is 1. The highest BCUT2D eigenvalue weighted by Crippen LogP contribution is 2.17. The van der Waals surface area contributed by atoms with Crippen LogP contribution in [-0.4, -0.2) is 23.5 Å². The minimum atomic E-state index is -0.758. The number of carbonyl (C=O) groups is 2. The zero-order chi connectivity index (χ0) is 16.8. The van der Waals surface area contributed by atoms with Gasteiger partial charge in [0.05, 0.1) is 11.6 Å². The Balaban J connectivity index is 1.88. The van der Waals surface area contributed by atoms with Crippen LogP contribution in [-0.2, 0) is 9.53 Å². The molecule has 0 saturated heterocycles. The Morgan fingerprint density at radius 3 is 2.57 bits per heavy atom. The smallest absolute Gasteiger partial charge is 0.338 e. The monoisotopic (exact) mass is 320 g/mol. The van der Waals surface area contributed by atoms with E-state index in [-0.39, 0.29) is 11.1 Å². The van der Waals surface area contributed by atoms with Crippen molar-refractivity contribution in [2.24, 2.45) is 0 Å². The average Bonchev–Trinajstić information content (AvgIpc) is 2.53. The summed E-state index contributed by atoms with van der Waals surface area (Å²) in [6.07, 6.45) is 2.85. The molecule has 0 fully saturated rings. The lowest BCUT2D eigenvalue weighted by atomic mass is 10.1. The van der Waals surface area contributed by atoms with Gasteiger partial charge in [0.15, 0.2) is 6.61 Å². The van der Waals surface area contributed by atoms with Crippen molar-refractivity contribution in [1.29, 1.82) is 0 Å². The summed E-state index contributed by atoms with van der Waals surface area (Å²) in [5.74, 6) is -2.71. The minimum Gasteiger partial charge on any atom is -0.452 e. The molecule has 1 aromatic carbocycles. The van der Waals surface area contributed by atoms with Crippen molar-refractivity contribution in [2.45, 2.75) is 13.0 Å². The van der Waals surface area contributed by atoms with E-state index in [0.717, 1.165) is 12.1 Å². The van der Waals surface area contributed by atoms with Crippen molar-refractivity contribution in [3.05, 3.63) is 65.5 Å². The maximum atomic E-state index is 13.6. The molecule has 5 nitrogen and oxygen atoms in total. The second-order valence-electron chi connectivity index (χ2n) is 4.77. The van der Waals surface area contributed by atoms with Gasteiger partial charge in [0.2, 0.25) is 0 Å². The number of amides is 1. The van der Waals surface area contributed by atoms with Gasteiger partial charge in [-0.2, -0.15) is 0 Å². The van der Waals surface area contributed by atoms with Gasteiger partial charge in [0, 0.05) is 24.0 Å². The largest absolute Gasteiger partial charge is 0.452 e. The lowest BCUT2D eigenvalue weighted by Crippen LogP contribution is -2.31. The second-order valence-corrected chi connectivity index (χ2v) is 4.77. The van der Waals surface area contributed by atoms with Crippen molar-refractivity contribution in [3.63, 3.8) is 0 Å². The van der Waals surface area contributed by atoms with Crippen LogP contribution < -0.4 is 5.32 Å². The van der Waals surface area contributed by atoms with E-state index in [2.05, 4.69) is 10.3 Å². The van der Waals surface area contributed by atoms with E-state index in [0.29, 0.717) is 0 Å². The van der Waals surface area contributed by atoms with Gasteiger partial charge < -0.3 is 10.1 Å². The first kappa shape index (κ1) is 16.5. The van der Waals surface area contributed by atoms with E-state index in [1.54, 1.807) is 6.92 Å². The summed E-state index contributed by atoms with van der Waals surface area (Å²) in [4.78, 5) is 27.2. The third-order valence-corrected chi connectivity index (χ3v) is 3.06. The number of hydrogen-bond donors (Lipinski definition) is 1. The fourth-order valence-electron chi connectivity index (χ4n) is 1.92. The average molecular weight is 320 g/mol. The number of carbonyl (C=O) groups excluding carboxylic acids is 2. The molecule has 0 aliphatic rings. The number of hydrogen-bond acceptors (Lipinski definition) is 4. The molecule has 0 unspecified atom stereocenters. The molecule has 2 aromatic rings. The van der Waals surface area contributed by atoms with Crippen LogP contribution in [0.15, 0.2) is 42.7 Å². The van der Waals surface area contributed by atoms with Gasteiger partial charge in [-0.25, -0.2) is 13.6 Å². The SMILES string of the molecule is C[C@@H](NC(=O)COC(=O)c1ccncc1)c1ccc(F)cc1F. The Hall–Kier alpha value is -2.83. The van der Waals surface area contributed by atoms with Gasteiger partial charge in [-0.15, -0.1) is 0 Å². The van der Waals surface area contributed by atoms with E-state index in [1.807, 2.05) is 0 Å². The van der Waals surface area contributed by atoms with E-state index in [9.17, 15) is 18.4 Å². The van der Waals surface area contributed by atoms with Crippen molar-refractivity contribution in [3.8, 4) is 0 Å². The fourth-order valence-corrected chi connectivity index (χ4v) is 1.92. The van der Waals surface area contributed by atoms with Crippen LogP contribution in [0.3, 0.4) is 0 Å². The molecule has 2 rings (SSSR count). The molecule has 0 bridgehead atoms. The van der Waals surface area contributed by atoms with Crippen LogP contribution in [0.1, 0.15) is 28.9 Å². The summed E-state index contributed by atoms with van der Waals surface area (Å²) in [5.41, 5.74) is 0.408. The fraction of sp³-hybridized carbons (Fsp3) is 0.188. The number of ether oxygens (including phenoxy) is 1. The molecule has 0 saturated carbocycles. The maximum absolute atomic E-state index is 13.6. The van der Waals surface area contributed by atoms with E-state index < -0.39 is 36.2 Å². The number of esters is 1. The molecule has 0 spiro atoms. The second kappa shape index (κ2) is 7.44. The molecule has 1 N–H and O–H groups in total. The molecule has 0 aliphatic carbocycles. The number of halogens is 2. The van der Waals surface area contributed by atoms with Crippen LogP contribution in [0.5, 0.6) is 0 Å². The Morgan fingerprint density at radius 2 is 1.91 bits per heavy atom. The molecule has 1 heterocycles. The van der Waals surface area contributed by atoms with Crippen LogP contribution in [0, 0.1) is 11.6 Å². The quantitative estimate of drug-likeness (QED) is 0.859. The summed E-state index contributed by atoms with van der Waals surface area (Å²) in [6, 6.07) is 5.31. The van der Waals surface area contributed by atoms with Gasteiger partial charge in [-0.05, 0) is 25.1 Å². The van der Waals surface area contributed by atoms with Crippen LogP contribution >= 0.6 is 0 Å².